The highest BCUT2D eigenvalue weighted by Crippen LogP contribution is 2.30. The normalized spacial score (nSPS) is 13.6. The number of anilines is 2. The van der Waals surface area contributed by atoms with Crippen LogP contribution in [0, 0.1) is 6.92 Å². The zero-order valence-corrected chi connectivity index (χ0v) is 14.7. The number of likely N-dealkylation sites (tertiary alicyclic amines) is 1. The minimum atomic E-state index is -0.0484. The Balaban J connectivity index is 1.87. The van der Waals surface area contributed by atoms with Gasteiger partial charge in [-0.3, -0.25) is 4.79 Å². The quantitative estimate of drug-likeness (QED) is 0.900. The molecule has 1 aliphatic rings. The van der Waals surface area contributed by atoms with Gasteiger partial charge in [0.25, 0.3) is 5.91 Å². The number of amides is 1. The molecule has 0 radical (unpaired) electrons. The molecule has 7 heteroatoms. The summed E-state index contributed by atoms with van der Waals surface area (Å²) < 4.78 is 10.6. The van der Waals surface area contributed by atoms with Crippen LogP contribution in [0.1, 0.15) is 29.0 Å². The zero-order chi connectivity index (χ0) is 17.8. The molecule has 0 aliphatic carbocycles. The van der Waals surface area contributed by atoms with Gasteiger partial charge in [-0.1, -0.05) is 0 Å². The predicted molar refractivity (Wildman–Crippen MR) is 94.7 cm³/mol. The number of hydrogen-bond donors (Lipinski definition) is 1. The van der Waals surface area contributed by atoms with E-state index in [1.54, 1.807) is 26.4 Å². The van der Waals surface area contributed by atoms with Gasteiger partial charge in [-0.05, 0) is 38.0 Å². The first-order chi connectivity index (χ1) is 12.1. The molecule has 2 heterocycles. The highest BCUT2D eigenvalue weighted by atomic mass is 16.5. The molecule has 1 aromatic heterocycles. The molecule has 0 spiro atoms. The molecule has 1 amide bonds. The Hall–Kier alpha value is -2.83. The third-order valence-electron chi connectivity index (χ3n) is 4.12. The maximum atomic E-state index is 12.6. The molecule has 2 aromatic rings. The van der Waals surface area contributed by atoms with E-state index in [1.807, 2.05) is 24.0 Å². The predicted octanol–water partition coefficient (Wildman–Crippen LogP) is 2.78. The molecule has 0 bridgehead atoms. The number of aryl methyl sites for hydroxylation is 1. The maximum absolute atomic E-state index is 12.6. The van der Waals surface area contributed by atoms with Crippen molar-refractivity contribution in [2.45, 2.75) is 19.8 Å². The van der Waals surface area contributed by atoms with Crippen molar-refractivity contribution in [2.24, 2.45) is 0 Å². The number of aromatic nitrogens is 2. The van der Waals surface area contributed by atoms with Gasteiger partial charge in [0.05, 0.1) is 19.9 Å². The maximum Gasteiger partial charge on any atom is 0.272 e. The van der Waals surface area contributed by atoms with Gasteiger partial charge >= 0.3 is 0 Å². The van der Waals surface area contributed by atoms with Crippen molar-refractivity contribution >= 4 is 17.5 Å². The lowest BCUT2D eigenvalue weighted by atomic mass is 10.2. The summed E-state index contributed by atoms with van der Waals surface area (Å²) in [6.45, 7) is 3.42. The van der Waals surface area contributed by atoms with Crippen LogP contribution in [0.3, 0.4) is 0 Å². The second-order valence-corrected chi connectivity index (χ2v) is 5.91. The lowest BCUT2D eigenvalue weighted by Crippen LogP contribution is -2.28. The van der Waals surface area contributed by atoms with Crippen LogP contribution in [0.2, 0.25) is 0 Å². The summed E-state index contributed by atoms with van der Waals surface area (Å²) in [5.74, 6) is 1.62. The van der Waals surface area contributed by atoms with Gasteiger partial charge in [-0.25, -0.2) is 9.97 Å². The zero-order valence-electron chi connectivity index (χ0n) is 14.7. The fourth-order valence-electron chi connectivity index (χ4n) is 2.84. The lowest BCUT2D eigenvalue weighted by molar-refractivity contribution is 0.0787. The molecular weight excluding hydrogens is 320 g/mol. The molecule has 0 atom stereocenters. The molecule has 132 valence electrons. The van der Waals surface area contributed by atoms with Gasteiger partial charge in [0.1, 0.15) is 17.2 Å². The first-order valence-corrected chi connectivity index (χ1v) is 8.24. The lowest BCUT2D eigenvalue weighted by Gasteiger charge is -2.16. The first-order valence-electron chi connectivity index (χ1n) is 8.24. The summed E-state index contributed by atoms with van der Waals surface area (Å²) in [7, 11) is 3.18. The van der Waals surface area contributed by atoms with E-state index in [-0.39, 0.29) is 5.91 Å². The Morgan fingerprint density at radius 3 is 2.56 bits per heavy atom. The molecule has 7 nitrogen and oxygen atoms in total. The van der Waals surface area contributed by atoms with Crippen LogP contribution in [0.4, 0.5) is 11.6 Å². The topological polar surface area (TPSA) is 76.6 Å². The Labute approximate surface area is 147 Å². The second kappa shape index (κ2) is 7.38. The van der Waals surface area contributed by atoms with Crippen molar-refractivity contribution in [3.63, 3.8) is 0 Å². The van der Waals surface area contributed by atoms with E-state index >= 15 is 0 Å². The van der Waals surface area contributed by atoms with Gasteiger partial charge in [0, 0.05) is 24.8 Å². The van der Waals surface area contributed by atoms with E-state index in [1.165, 1.54) is 0 Å². The molecule has 1 N–H and O–H groups in total. The van der Waals surface area contributed by atoms with Crippen LogP contribution in [-0.2, 0) is 0 Å². The van der Waals surface area contributed by atoms with Crippen LogP contribution in [-0.4, -0.2) is 48.1 Å². The smallest absolute Gasteiger partial charge is 0.272 e. The number of methoxy groups -OCH3 is 2. The molecule has 1 aliphatic heterocycles. The average Bonchev–Trinajstić information content (AvgIpc) is 3.15. The van der Waals surface area contributed by atoms with Gasteiger partial charge in [0.15, 0.2) is 0 Å². The number of nitrogens with zero attached hydrogens (tertiary/aromatic N) is 3. The summed E-state index contributed by atoms with van der Waals surface area (Å²) in [6, 6.07) is 7.13. The number of hydrogen-bond acceptors (Lipinski definition) is 6. The van der Waals surface area contributed by atoms with E-state index in [9.17, 15) is 4.79 Å². The summed E-state index contributed by atoms with van der Waals surface area (Å²) in [6.07, 6.45) is 2.09. The summed E-state index contributed by atoms with van der Waals surface area (Å²) in [5.41, 5.74) is 1.84. The average molecular weight is 342 g/mol. The minimum Gasteiger partial charge on any atom is -0.497 e. The van der Waals surface area contributed by atoms with Gasteiger partial charge in [-0.2, -0.15) is 0 Å². The Bertz CT molecular complexity index is 773. The van der Waals surface area contributed by atoms with Crippen molar-refractivity contribution in [1.82, 2.24) is 14.9 Å². The largest absolute Gasteiger partial charge is 0.497 e. The number of rotatable bonds is 5. The Kier molecular flexibility index (Phi) is 5.02. The second-order valence-electron chi connectivity index (χ2n) is 5.91. The number of carbonyl (C=O) groups is 1. The summed E-state index contributed by atoms with van der Waals surface area (Å²) in [5, 5.41) is 3.13. The van der Waals surface area contributed by atoms with Crippen LogP contribution in [0.15, 0.2) is 24.3 Å². The summed E-state index contributed by atoms with van der Waals surface area (Å²) >= 11 is 0. The third kappa shape index (κ3) is 3.81. The van der Waals surface area contributed by atoms with Crippen molar-refractivity contribution in [3.8, 4) is 11.5 Å². The minimum absolute atomic E-state index is 0.0484. The van der Waals surface area contributed by atoms with Crippen molar-refractivity contribution in [2.75, 3.05) is 32.6 Å². The molecule has 3 rings (SSSR count). The van der Waals surface area contributed by atoms with Gasteiger partial charge in [0.2, 0.25) is 5.95 Å². The Morgan fingerprint density at radius 2 is 1.88 bits per heavy atom. The summed E-state index contributed by atoms with van der Waals surface area (Å²) in [4.78, 5) is 23.2. The van der Waals surface area contributed by atoms with Crippen LogP contribution in [0.25, 0.3) is 0 Å². The highest BCUT2D eigenvalue weighted by molar-refractivity contribution is 5.93. The number of carbonyl (C=O) groups excluding carboxylic acids is 1. The van der Waals surface area contributed by atoms with Gasteiger partial charge < -0.3 is 19.7 Å². The fourth-order valence-corrected chi connectivity index (χ4v) is 2.84. The van der Waals surface area contributed by atoms with Crippen molar-refractivity contribution < 1.29 is 14.3 Å². The molecule has 0 saturated carbocycles. The van der Waals surface area contributed by atoms with Crippen LogP contribution < -0.4 is 14.8 Å². The Morgan fingerprint density at radius 1 is 1.12 bits per heavy atom. The van der Waals surface area contributed by atoms with E-state index in [2.05, 4.69) is 15.3 Å². The number of ether oxygens (including phenoxy) is 2. The molecular formula is C18H22N4O3. The van der Waals surface area contributed by atoms with Crippen molar-refractivity contribution in [3.05, 3.63) is 35.7 Å². The first kappa shape index (κ1) is 17.0. The molecule has 1 fully saturated rings. The van der Waals surface area contributed by atoms with E-state index in [0.717, 1.165) is 31.6 Å². The SMILES string of the molecule is COc1ccc(Nc2nc(C)cc(C(=O)N3CCCC3)n2)c(OC)c1. The highest BCUT2D eigenvalue weighted by Gasteiger charge is 2.21. The van der Waals surface area contributed by atoms with E-state index < -0.39 is 0 Å². The molecule has 25 heavy (non-hydrogen) atoms. The molecule has 1 saturated heterocycles. The van der Waals surface area contributed by atoms with Crippen molar-refractivity contribution in [1.29, 1.82) is 0 Å². The number of benzene rings is 1. The third-order valence-corrected chi connectivity index (χ3v) is 4.12. The van der Waals surface area contributed by atoms with Crippen LogP contribution >= 0.6 is 0 Å². The monoisotopic (exact) mass is 342 g/mol. The number of nitrogens with one attached hydrogen (secondary N) is 1. The molecule has 1 aromatic carbocycles. The van der Waals surface area contributed by atoms with Gasteiger partial charge in [-0.15, -0.1) is 0 Å². The van der Waals surface area contributed by atoms with Crippen LogP contribution in [0.5, 0.6) is 11.5 Å². The fraction of sp³-hybridized carbons (Fsp3) is 0.389. The molecule has 0 unspecified atom stereocenters. The standard InChI is InChI=1S/C18H22N4O3/c1-12-10-15(17(23)22-8-4-5-9-22)21-18(19-12)20-14-7-6-13(24-2)11-16(14)25-3/h6-7,10-11H,4-5,8-9H2,1-3H3,(H,19,20,21). The van der Waals surface area contributed by atoms with E-state index in [0.29, 0.717) is 28.8 Å². The van der Waals surface area contributed by atoms with E-state index in [4.69, 9.17) is 9.47 Å².